The molecule has 0 spiro atoms. The summed E-state index contributed by atoms with van der Waals surface area (Å²) in [5.74, 6) is -0.0757. The van der Waals surface area contributed by atoms with Crippen LogP contribution in [-0.2, 0) is 11.2 Å². The highest BCUT2D eigenvalue weighted by molar-refractivity contribution is 5.92. The molecule has 100 valence electrons. The van der Waals surface area contributed by atoms with Crippen LogP contribution in [0.4, 0.5) is 5.69 Å². The number of aryl methyl sites for hydroxylation is 2. The largest absolute Gasteiger partial charge is 0.325 e. The van der Waals surface area contributed by atoms with Crippen molar-refractivity contribution in [2.45, 2.75) is 19.8 Å². The van der Waals surface area contributed by atoms with E-state index in [4.69, 9.17) is 5.26 Å². The fourth-order valence-electron chi connectivity index (χ4n) is 1.91. The van der Waals surface area contributed by atoms with Gasteiger partial charge in [0.2, 0.25) is 5.91 Å². The fourth-order valence-corrected chi connectivity index (χ4v) is 1.91. The Hall–Kier alpha value is -2.60. The highest BCUT2D eigenvalue weighted by atomic mass is 16.1. The highest BCUT2D eigenvalue weighted by Crippen LogP contribution is 2.14. The van der Waals surface area contributed by atoms with Gasteiger partial charge in [-0.15, -0.1) is 0 Å². The van der Waals surface area contributed by atoms with Crippen LogP contribution in [0, 0.1) is 18.3 Å². The van der Waals surface area contributed by atoms with Gasteiger partial charge in [-0.25, -0.2) is 0 Å². The zero-order valence-corrected chi connectivity index (χ0v) is 11.4. The molecule has 0 aliphatic carbocycles. The van der Waals surface area contributed by atoms with Crippen molar-refractivity contribution in [3.05, 3.63) is 65.2 Å². The third-order valence-electron chi connectivity index (χ3n) is 3.08. The van der Waals surface area contributed by atoms with Crippen LogP contribution < -0.4 is 5.32 Å². The van der Waals surface area contributed by atoms with Crippen LogP contribution in [0.1, 0.15) is 23.1 Å². The minimum absolute atomic E-state index is 0.0757. The first-order valence-electron chi connectivity index (χ1n) is 6.53. The normalized spacial score (nSPS) is 9.80. The summed E-state index contributed by atoms with van der Waals surface area (Å²) >= 11 is 0. The van der Waals surface area contributed by atoms with Gasteiger partial charge in [0, 0.05) is 6.42 Å². The third-order valence-corrected chi connectivity index (χ3v) is 3.08. The summed E-state index contributed by atoms with van der Waals surface area (Å²) in [6, 6.07) is 17.2. The maximum absolute atomic E-state index is 11.9. The Balaban J connectivity index is 1.93. The zero-order chi connectivity index (χ0) is 14.4. The number of rotatable bonds is 4. The number of carbonyl (C=O) groups is 1. The van der Waals surface area contributed by atoms with Gasteiger partial charge in [0.1, 0.15) is 6.07 Å². The summed E-state index contributed by atoms with van der Waals surface area (Å²) < 4.78 is 0. The van der Waals surface area contributed by atoms with Crippen molar-refractivity contribution in [3.63, 3.8) is 0 Å². The van der Waals surface area contributed by atoms with Crippen LogP contribution in [0.2, 0.25) is 0 Å². The van der Waals surface area contributed by atoms with Gasteiger partial charge in [0.25, 0.3) is 0 Å². The smallest absolute Gasteiger partial charge is 0.224 e. The fraction of sp³-hybridized carbons (Fsp3) is 0.176. The Morgan fingerprint density at radius 1 is 1.15 bits per heavy atom. The van der Waals surface area contributed by atoms with Crippen LogP contribution in [-0.4, -0.2) is 5.91 Å². The first kappa shape index (κ1) is 13.8. The van der Waals surface area contributed by atoms with Crippen LogP contribution in [0.3, 0.4) is 0 Å². The molecule has 0 fully saturated rings. The average molecular weight is 264 g/mol. The molecule has 1 N–H and O–H groups in total. The van der Waals surface area contributed by atoms with E-state index in [1.54, 1.807) is 24.3 Å². The molecule has 0 saturated carbocycles. The second-order valence-corrected chi connectivity index (χ2v) is 4.69. The van der Waals surface area contributed by atoms with E-state index in [-0.39, 0.29) is 5.91 Å². The Morgan fingerprint density at radius 3 is 2.55 bits per heavy atom. The van der Waals surface area contributed by atoms with Crippen LogP contribution in [0.25, 0.3) is 0 Å². The van der Waals surface area contributed by atoms with E-state index in [9.17, 15) is 4.79 Å². The Labute approximate surface area is 118 Å². The third kappa shape index (κ3) is 3.69. The average Bonchev–Trinajstić information content (AvgIpc) is 2.47. The number of hydrogen-bond donors (Lipinski definition) is 1. The summed E-state index contributed by atoms with van der Waals surface area (Å²) in [5.41, 5.74) is 3.40. The van der Waals surface area contributed by atoms with E-state index in [1.807, 2.05) is 31.2 Å². The lowest BCUT2D eigenvalue weighted by Crippen LogP contribution is -2.13. The molecule has 0 heterocycles. The first-order chi connectivity index (χ1) is 9.69. The standard InChI is InChI=1S/C17H16N2O/c1-13-6-8-14(9-7-13)10-11-17(20)19-16-5-3-2-4-15(16)12-18/h2-9H,10-11H2,1H3,(H,19,20). The van der Waals surface area contributed by atoms with Crippen molar-refractivity contribution >= 4 is 11.6 Å². The van der Waals surface area contributed by atoms with Gasteiger partial charge >= 0.3 is 0 Å². The van der Waals surface area contributed by atoms with Gasteiger partial charge in [-0.2, -0.15) is 5.26 Å². The summed E-state index contributed by atoms with van der Waals surface area (Å²) in [6.45, 7) is 2.04. The molecule has 2 rings (SSSR count). The maximum atomic E-state index is 11.9. The zero-order valence-electron chi connectivity index (χ0n) is 11.4. The minimum Gasteiger partial charge on any atom is -0.325 e. The molecule has 0 saturated heterocycles. The van der Waals surface area contributed by atoms with Crippen molar-refractivity contribution in [1.82, 2.24) is 0 Å². The lowest BCUT2D eigenvalue weighted by Gasteiger charge is -2.07. The predicted molar refractivity (Wildman–Crippen MR) is 79.3 cm³/mol. The van der Waals surface area contributed by atoms with Gasteiger partial charge in [-0.3, -0.25) is 4.79 Å². The lowest BCUT2D eigenvalue weighted by atomic mass is 10.1. The van der Waals surface area contributed by atoms with Gasteiger partial charge in [0.05, 0.1) is 11.3 Å². The molecular weight excluding hydrogens is 248 g/mol. The van der Waals surface area contributed by atoms with Crippen molar-refractivity contribution in [2.24, 2.45) is 0 Å². The van der Waals surface area contributed by atoms with Gasteiger partial charge in [-0.1, -0.05) is 42.0 Å². The predicted octanol–water partition coefficient (Wildman–Crippen LogP) is 3.44. The number of nitrogens with one attached hydrogen (secondary N) is 1. The molecule has 0 aliphatic rings. The number of nitriles is 1. The SMILES string of the molecule is Cc1ccc(CCC(=O)Nc2ccccc2C#N)cc1. The van der Waals surface area contributed by atoms with E-state index < -0.39 is 0 Å². The van der Waals surface area contributed by atoms with E-state index in [2.05, 4.69) is 11.4 Å². The number of anilines is 1. The molecule has 1 amide bonds. The number of carbonyl (C=O) groups excluding carboxylic acids is 1. The molecule has 0 unspecified atom stereocenters. The minimum atomic E-state index is -0.0757. The van der Waals surface area contributed by atoms with Gasteiger partial charge in [0.15, 0.2) is 0 Å². The van der Waals surface area contributed by atoms with Crippen molar-refractivity contribution < 1.29 is 4.79 Å². The molecule has 3 nitrogen and oxygen atoms in total. The second kappa shape index (κ2) is 6.53. The molecule has 20 heavy (non-hydrogen) atoms. The quantitative estimate of drug-likeness (QED) is 0.919. The number of amides is 1. The number of hydrogen-bond acceptors (Lipinski definition) is 2. The molecule has 2 aromatic rings. The summed E-state index contributed by atoms with van der Waals surface area (Å²) in [4.78, 5) is 11.9. The highest BCUT2D eigenvalue weighted by Gasteiger charge is 2.06. The summed E-state index contributed by atoms with van der Waals surface area (Å²) in [5, 5.41) is 11.7. The van der Waals surface area contributed by atoms with Crippen LogP contribution in [0.15, 0.2) is 48.5 Å². The molecule has 0 aromatic heterocycles. The Kier molecular flexibility index (Phi) is 4.52. The Morgan fingerprint density at radius 2 is 1.85 bits per heavy atom. The molecule has 0 aliphatic heterocycles. The van der Waals surface area contributed by atoms with Crippen molar-refractivity contribution in [3.8, 4) is 6.07 Å². The van der Waals surface area contributed by atoms with Gasteiger partial charge in [-0.05, 0) is 31.0 Å². The maximum Gasteiger partial charge on any atom is 0.224 e. The van der Waals surface area contributed by atoms with E-state index >= 15 is 0 Å². The number of nitrogens with zero attached hydrogens (tertiary/aromatic N) is 1. The van der Waals surface area contributed by atoms with Gasteiger partial charge < -0.3 is 5.32 Å². The number of benzene rings is 2. The van der Waals surface area contributed by atoms with E-state index in [1.165, 1.54) is 5.56 Å². The molecule has 0 radical (unpaired) electrons. The van der Waals surface area contributed by atoms with Crippen LogP contribution >= 0.6 is 0 Å². The van der Waals surface area contributed by atoms with Crippen LogP contribution in [0.5, 0.6) is 0 Å². The topological polar surface area (TPSA) is 52.9 Å². The van der Waals surface area contributed by atoms with E-state index in [0.717, 1.165) is 5.56 Å². The van der Waals surface area contributed by atoms with E-state index in [0.29, 0.717) is 24.1 Å². The number of para-hydroxylation sites is 1. The summed E-state index contributed by atoms with van der Waals surface area (Å²) in [6.07, 6.45) is 1.10. The monoisotopic (exact) mass is 264 g/mol. The second-order valence-electron chi connectivity index (χ2n) is 4.69. The van der Waals surface area contributed by atoms with Crippen molar-refractivity contribution in [2.75, 3.05) is 5.32 Å². The lowest BCUT2D eigenvalue weighted by molar-refractivity contribution is -0.116. The molecule has 3 heteroatoms. The summed E-state index contributed by atoms with van der Waals surface area (Å²) in [7, 11) is 0. The molecular formula is C17H16N2O. The molecule has 2 aromatic carbocycles. The van der Waals surface area contributed by atoms with Crippen molar-refractivity contribution in [1.29, 1.82) is 5.26 Å². The molecule has 0 bridgehead atoms. The molecule has 0 atom stereocenters. The Bertz CT molecular complexity index is 639. The first-order valence-corrected chi connectivity index (χ1v) is 6.53.